The van der Waals surface area contributed by atoms with Gasteiger partial charge in [-0.1, -0.05) is 45.4 Å². The molecule has 1 saturated carbocycles. The van der Waals surface area contributed by atoms with Crippen LogP contribution in [0, 0.1) is 11.8 Å². The predicted molar refractivity (Wildman–Crippen MR) is 110 cm³/mol. The Morgan fingerprint density at radius 2 is 1.75 bits per heavy atom. The summed E-state index contributed by atoms with van der Waals surface area (Å²) in [5.41, 5.74) is -0.566. The summed E-state index contributed by atoms with van der Waals surface area (Å²) in [7, 11) is 0. The Kier molecular flexibility index (Phi) is 9.72. The van der Waals surface area contributed by atoms with Crippen molar-refractivity contribution in [3.05, 3.63) is 0 Å². The Hall–Kier alpha value is -0.650. The molecule has 1 aliphatic carbocycles. The first kappa shape index (κ1) is 23.6. The molecular weight excluding hydrogens is 356 g/mol. The van der Waals surface area contributed by atoms with E-state index in [9.17, 15) is 9.90 Å². The highest BCUT2D eigenvalue weighted by atomic mass is 16.7. The van der Waals surface area contributed by atoms with Crippen LogP contribution in [0.4, 0.5) is 0 Å². The quantitative estimate of drug-likeness (QED) is 0.389. The van der Waals surface area contributed by atoms with Gasteiger partial charge in [0.05, 0.1) is 18.8 Å². The number of hydrogen-bond donors (Lipinski definition) is 2. The van der Waals surface area contributed by atoms with Crippen molar-refractivity contribution in [2.75, 3.05) is 13.2 Å². The van der Waals surface area contributed by atoms with Crippen molar-refractivity contribution in [1.82, 2.24) is 0 Å². The van der Waals surface area contributed by atoms with E-state index < -0.39 is 11.6 Å². The fourth-order valence-electron chi connectivity index (χ4n) is 5.13. The molecule has 28 heavy (non-hydrogen) atoms. The predicted octanol–water partition coefficient (Wildman–Crippen LogP) is 5.29. The maximum atomic E-state index is 10.8. The molecule has 2 fully saturated rings. The Balaban J connectivity index is 1.81. The van der Waals surface area contributed by atoms with Crippen LogP contribution in [0.3, 0.4) is 0 Å². The normalized spacial score (nSPS) is 26.0. The lowest BCUT2D eigenvalue weighted by atomic mass is 9.81. The van der Waals surface area contributed by atoms with Gasteiger partial charge in [0.2, 0.25) is 0 Å². The van der Waals surface area contributed by atoms with Gasteiger partial charge >= 0.3 is 5.97 Å². The Morgan fingerprint density at radius 1 is 1.04 bits per heavy atom. The molecule has 0 aromatic heterocycles. The van der Waals surface area contributed by atoms with Crippen molar-refractivity contribution < 1.29 is 24.5 Å². The highest BCUT2D eigenvalue weighted by molar-refractivity contribution is 5.66. The number of carboxylic acids is 1. The molecule has 5 nitrogen and oxygen atoms in total. The van der Waals surface area contributed by atoms with Crippen molar-refractivity contribution in [2.45, 2.75) is 115 Å². The van der Waals surface area contributed by atoms with Crippen LogP contribution >= 0.6 is 0 Å². The molecule has 1 saturated heterocycles. The maximum absolute atomic E-state index is 10.8. The fraction of sp³-hybridized carbons (Fsp3) is 0.957. The molecule has 1 aliphatic heterocycles. The van der Waals surface area contributed by atoms with E-state index in [4.69, 9.17) is 14.6 Å². The molecule has 1 heterocycles. The lowest BCUT2D eigenvalue weighted by Gasteiger charge is -2.33. The van der Waals surface area contributed by atoms with Crippen LogP contribution in [0.25, 0.3) is 0 Å². The van der Waals surface area contributed by atoms with Crippen LogP contribution in [0.15, 0.2) is 0 Å². The first-order chi connectivity index (χ1) is 13.4. The van der Waals surface area contributed by atoms with Gasteiger partial charge in [-0.2, -0.15) is 0 Å². The monoisotopic (exact) mass is 398 g/mol. The SMILES string of the molecule is CCCCC[C@](C)(O)CC[C@H]1CCC2(OCCO2)[C@@H]1CCCCCCC(=O)O. The molecule has 164 valence electrons. The minimum atomic E-state index is -0.700. The summed E-state index contributed by atoms with van der Waals surface area (Å²) >= 11 is 0. The minimum Gasteiger partial charge on any atom is -0.481 e. The molecule has 2 N–H and O–H groups in total. The Labute approximate surface area is 171 Å². The van der Waals surface area contributed by atoms with Crippen LogP contribution in [-0.4, -0.2) is 40.8 Å². The standard InChI is InChI=1S/C23H42O5/c1-3-4-9-14-22(2,26)15-12-19-13-16-23(27-17-18-28-23)20(19)10-7-5-6-8-11-21(24)25/h19-20,26H,3-18H2,1-2H3,(H,24,25)/t19-,20+,22-/m0/s1. The zero-order chi connectivity index (χ0) is 20.5. The number of ether oxygens (including phenoxy) is 2. The van der Waals surface area contributed by atoms with Crippen LogP contribution in [0.5, 0.6) is 0 Å². The van der Waals surface area contributed by atoms with E-state index in [0.717, 1.165) is 70.6 Å². The van der Waals surface area contributed by atoms with Gasteiger partial charge in [0.1, 0.15) is 0 Å². The van der Waals surface area contributed by atoms with Crippen LogP contribution in [0.1, 0.15) is 104 Å². The minimum absolute atomic E-state index is 0.273. The van der Waals surface area contributed by atoms with Crippen molar-refractivity contribution in [1.29, 1.82) is 0 Å². The van der Waals surface area contributed by atoms with E-state index in [-0.39, 0.29) is 12.2 Å². The fourth-order valence-corrected chi connectivity index (χ4v) is 5.13. The molecule has 0 unspecified atom stereocenters. The van der Waals surface area contributed by atoms with Crippen LogP contribution in [-0.2, 0) is 14.3 Å². The smallest absolute Gasteiger partial charge is 0.303 e. The summed E-state index contributed by atoms with van der Waals surface area (Å²) in [5, 5.41) is 19.5. The molecule has 1 spiro atoms. The molecule has 0 radical (unpaired) electrons. The van der Waals surface area contributed by atoms with E-state index in [1.165, 1.54) is 12.8 Å². The van der Waals surface area contributed by atoms with Crippen molar-refractivity contribution >= 4 is 5.97 Å². The van der Waals surface area contributed by atoms with Gasteiger partial charge in [-0.05, 0) is 51.4 Å². The molecular formula is C23H42O5. The largest absolute Gasteiger partial charge is 0.481 e. The van der Waals surface area contributed by atoms with Crippen molar-refractivity contribution in [3.63, 3.8) is 0 Å². The highest BCUT2D eigenvalue weighted by Gasteiger charge is 2.52. The van der Waals surface area contributed by atoms with Gasteiger partial charge in [-0.25, -0.2) is 0 Å². The van der Waals surface area contributed by atoms with E-state index >= 15 is 0 Å². The first-order valence-corrected chi connectivity index (χ1v) is 11.6. The van der Waals surface area contributed by atoms with Crippen LogP contribution < -0.4 is 0 Å². The second-order valence-electron chi connectivity index (χ2n) is 9.25. The molecule has 5 heteroatoms. The van der Waals surface area contributed by atoms with Gasteiger partial charge < -0.3 is 19.7 Å². The van der Waals surface area contributed by atoms with E-state index in [2.05, 4.69) is 6.92 Å². The molecule has 2 rings (SSSR count). The first-order valence-electron chi connectivity index (χ1n) is 11.6. The number of hydrogen-bond acceptors (Lipinski definition) is 4. The van der Waals surface area contributed by atoms with Crippen LogP contribution in [0.2, 0.25) is 0 Å². The number of rotatable bonds is 14. The van der Waals surface area contributed by atoms with Crippen molar-refractivity contribution in [2.24, 2.45) is 11.8 Å². The van der Waals surface area contributed by atoms with Gasteiger partial charge in [-0.15, -0.1) is 0 Å². The third-order valence-electron chi connectivity index (χ3n) is 6.80. The summed E-state index contributed by atoms with van der Waals surface area (Å²) in [5.74, 6) is -0.135. The second-order valence-corrected chi connectivity index (χ2v) is 9.25. The third-order valence-corrected chi connectivity index (χ3v) is 6.80. The average molecular weight is 399 g/mol. The van der Waals surface area contributed by atoms with Gasteiger partial charge in [0.25, 0.3) is 0 Å². The molecule has 3 atom stereocenters. The summed E-state index contributed by atoms with van der Waals surface area (Å²) in [6.45, 7) is 5.57. The molecule has 0 aromatic rings. The van der Waals surface area contributed by atoms with E-state index in [0.29, 0.717) is 25.0 Å². The topological polar surface area (TPSA) is 76.0 Å². The van der Waals surface area contributed by atoms with Gasteiger partial charge in [0, 0.05) is 18.8 Å². The lowest BCUT2D eigenvalue weighted by molar-refractivity contribution is -0.188. The van der Waals surface area contributed by atoms with Gasteiger partial charge in [0.15, 0.2) is 5.79 Å². The van der Waals surface area contributed by atoms with Gasteiger partial charge in [-0.3, -0.25) is 4.79 Å². The Bertz CT molecular complexity index is 456. The Morgan fingerprint density at radius 3 is 2.43 bits per heavy atom. The zero-order valence-electron chi connectivity index (χ0n) is 18.1. The number of unbranched alkanes of at least 4 members (excludes halogenated alkanes) is 5. The van der Waals surface area contributed by atoms with Crippen molar-refractivity contribution in [3.8, 4) is 0 Å². The number of carbonyl (C=O) groups is 1. The zero-order valence-corrected chi connectivity index (χ0v) is 18.1. The lowest BCUT2D eigenvalue weighted by Crippen LogP contribution is -2.37. The average Bonchev–Trinajstić information content (AvgIpc) is 3.24. The molecule has 0 aromatic carbocycles. The summed E-state index contributed by atoms with van der Waals surface area (Å²) in [6, 6.07) is 0. The molecule has 2 aliphatic rings. The van der Waals surface area contributed by atoms with E-state index in [1.54, 1.807) is 0 Å². The summed E-state index contributed by atoms with van der Waals surface area (Å²) in [6.07, 6.45) is 13.6. The molecule has 0 amide bonds. The maximum Gasteiger partial charge on any atom is 0.303 e. The molecule has 0 bridgehead atoms. The number of aliphatic carboxylic acids is 1. The number of carboxylic acid groups (broad SMARTS) is 1. The summed E-state index contributed by atoms with van der Waals surface area (Å²) < 4.78 is 12.2. The van der Waals surface area contributed by atoms with E-state index in [1.807, 2.05) is 6.92 Å². The highest BCUT2D eigenvalue weighted by Crippen LogP contribution is 2.50. The second kappa shape index (κ2) is 11.5. The third kappa shape index (κ3) is 7.31. The summed E-state index contributed by atoms with van der Waals surface area (Å²) in [4.78, 5) is 10.6. The number of aliphatic hydroxyl groups is 1.